The number of hydrogen-bond donors (Lipinski definition) is 1. The van der Waals surface area contributed by atoms with Crippen molar-refractivity contribution in [2.75, 3.05) is 7.11 Å². The Morgan fingerprint density at radius 1 is 1.55 bits per heavy atom. The highest BCUT2D eigenvalue weighted by Crippen LogP contribution is 2.30. The van der Waals surface area contributed by atoms with Gasteiger partial charge in [-0.15, -0.1) is 0 Å². The van der Waals surface area contributed by atoms with Crippen LogP contribution in [0.2, 0.25) is 0 Å². The van der Waals surface area contributed by atoms with Crippen LogP contribution in [-0.4, -0.2) is 23.8 Å². The van der Waals surface area contributed by atoms with Gasteiger partial charge in [0.05, 0.1) is 7.11 Å². The lowest BCUT2D eigenvalue weighted by atomic mass is 10.1. The predicted octanol–water partition coefficient (Wildman–Crippen LogP) is 0.738. The smallest absolute Gasteiger partial charge is 0.378 e. The van der Waals surface area contributed by atoms with Crippen LogP contribution in [0, 0.1) is 0 Å². The summed E-state index contributed by atoms with van der Waals surface area (Å²) in [5.74, 6) is -0.866. The number of esters is 1. The van der Waals surface area contributed by atoms with E-state index in [-0.39, 0.29) is 11.5 Å². The maximum atomic E-state index is 10.9. The molecule has 0 unspecified atom stereocenters. The van der Waals surface area contributed by atoms with Crippen molar-refractivity contribution < 1.29 is 19.4 Å². The van der Waals surface area contributed by atoms with E-state index in [2.05, 4.69) is 4.74 Å². The van der Waals surface area contributed by atoms with Gasteiger partial charge in [-0.1, -0.05) is 0 Å². The van der Waals surface area contributed by atoms with Crippen molar-refractivity contribution in [3.8, 4) is 0 Å². The normalized spacial score (nSPS) is 21.9. The minimum atomic E-state index is -0.942. The highest BCUT2D eigenvalue weighted by atomic mass is 16.6. The van der Waals surface area contributed by atoms with E-state index in [0.717, 1.165) is 0 Å². The maximum absolute atomic E-state index is 10.9. The van der Waals surface area contributed by atoms with Crippen molar-refractivity contribution in [2.45, 2.75) is 19.4 Å². The molecule has 1 aliphatic heterocycles. The van der Waals surface area contributed by atoms with Crippen LogP contribution in [0.15, 0.2) is 11.5 Å². The van der Waals surface area contributed by atoms with Crippen molar-refractivity contribution >= 4 is 5.97 Å². The molecule has 11 heavy (non-hydrogen) atoms. The summed E-state index contributed by atoms with van der Waals surface area (Å²) in [7, 11) is 1.31. The molecule has 0 saturated heterocycles. The summed E-state index contributed by atoms with van der Waals surface area (Å²) in [6.45, 7) is 3.18. The molecular formula is C7H10O4. The minimum Gasteiger partial charge on any atom is -0.505 e. The average Bonchev–Trinajstić information content (AvgIpc) is 2.04. The second-order valence-electron chi connectivity index (χ2n) is 2.78. The molecule has 1 N–H and O–H groups in total. The number of hydrogen-bond acceptors (Lipinski definition) is 4. The zero-order chi connectivity index (χ0) is 8.65. The number of methoxy groups -OCH3 is 1. The Kier molecular flexibility index (Phi) is 1.55. The topological polar surface area (TPSA) is 55.8 Å². The van der Waals surface area contributed by atoms with E-state index in [0.29, 0.717) is 0 Å². The number of carbonyl (C=O) groups is 1. The highest BCUT2D eigenvalue weighted by Gasteiger charge is 2.41. The van der Waals surface area contributed by atoms with E-state index >= 15 is 0 Å². The molecule has 0 radical (unpaired) electrons. The van der Waals surface area contributed by atoms with Crippen LogP contribution in [-0.2, 0) is 14.3 Å². The van der Waals surface area contributed by atoms with Gasteiger partial charge in [-0.2, -0.15) is 0 Å². The fraction of sp³-hybridized carbons (Fsp3) is 0.571. The molecule has 4 nitrogen and oxygen atoms in total. The highest BCUT2D eigenvalue weighted by molar-refractivity contribution is 5.90. The fourth-order valence-corrected chi connectivity index (χ4v) is 0.877. The molecule has 0 fully saturated rings. The van der Waals surface area contributed by atoms with E-state index < -0.39 is 11.6 Å². The van der Waals surface area contributed by atoms with Gasteiger partial charge in [0.1, 0.15) is 0 Å². The molecule has 1 heterocycles. The Morgan fingerprint density at radius 2 is 2.09 bits per heavy atom. The van der Waals surface area contributed by atoms with Crippen molar-refractivity contribution in [1.29, 1.82) is 0 Å². The average molecular weight is 158 g/mol. The quantitative estimate of drug-likeness (QED) is 0.572. The SMILES string of the molecule is COC1=C(O)C(C)(C)OC1=O. The van der Waals surface area contributed by atoms with Gasteiger partial charge in [0, 0.05) is 0 Å². The van der Waals surface area contributed by atoms with Crippen LogP contribution < -0.4 is 0 Å². The third kappa shape index (κ3) is 1.04. The summed E-state index contributed by atoms with van der Waals surface area (Å²) >= 11 is 0. The Morgan fingerprint density at radius 3 is 2.27 bits per heavy atom. The summed E-state index contributed by atoms with van der Waals surface area (Å²) in [4.78, 5) is 10.9. The number of aliphatic hydroxyl groups is 1. The molecule has 0 aromatic heterocycles. The molecule has 62 valence electrons. The van der Waals surface area contributed by atoms with Gasteiger partial charge < -0.3 is 14.6 Å². The Balaban J connectivity index is 3.05. The van der Waals surface area contributed by atoms with E-state index in [1.807, 2.05) is 0 Å². The first-order valence-corrected chi connectivity index (χ1v) is 3.20. The Labute approximate surface area is 64.4 Å². The van der Waals surface area contributed by atoms with Gasteiger partial charge in [-0.05, 0) is 13.8 Å². The summed E-state index contributed by atoms with van der Waals surface area (Å²) < 4.78 is 9.40. The molecule has 0 saturated carbocycles. The van der Waals surface area contributed by atoms with Gasteiger partial charge in [-0.3, -0.25) is 0 Å². The molecule has 4 heteroatoms. The van der Waals surface area contributed by atoms with Crippen LogP contribution in [0.4, 0.5) is 0 Å². The molecule has 0 amide bonds. The molecule has 1 rings (SSSR count). The second-order valence-corrected chi connectivity index (χ2v) is 2.78. The molecule has 0 spiro atoms. The molecule has 0 aliphatic carbocycles. The first kappa shape index (κ1) is 7.91. The van der Waals surface area contributed by atoms with Gasteiger partial charge in [0.25, 0.3) is 0 Å². The number of carbonyl (C=O) groups excluding carboxylic acids is 1. The lowest BCUT2D eigenvalue weighted by Gasteiger charge is -2.15. The van der Waals surface area contributed by atoms with Crippen molar-refractivity contribution in [2.24, 2.45) is 0 Å². The predicted molar refractivity (Wildman–Crippen MR) is 36.8 cm³/mol. The van der Waals surface area contributed by atoms with E-state index in [1.54, 1.807) is 13.8 Å². The summed E-state index contributed by atoms with van der Waals surface area (Å²) in [5.41, 5.74) is -0.942. The van der Waals surface area contributed by atoms with Gasteiger partial charge in [0.15, 0.2) is 11.4 Å². The number of ether oxygens (including phenoxy) is 2. The molecule has 0 aromatic rings. The Bertz CT molecular complexity index is 227. The van der Waals surface area contributed by atoms with Crippen LogP contribution in [0.3, 0.4) is 0 Å². The van der Waals surface area contributed by atoms with Gasteiger partial charge >= 0.3 is 5.97 Å². The number of rotatable bonds is 1. The molecule has 0 atom stereocenters. The minimum absolute atomic E-state index is 0.102. The third-order valence-corrected chi connectivity index (χ3v) is 1.52. The molecule has 1 aliphatic rings. The van der Waals surface area contributed by atoms with Crippen LogP contribution >= 0.6 is 0 Å². The molecule has 0 bridgehead atoms. The van der Waals surface area contributed by atoms with Crippen molar-refractivity contribution in [3.63, 3.8) is 0 Å². The number of cyclic esters (lactones) is 1. The Hall–Kier alpha value is -1.19. The van der Waals surface area contributed by atoms with Gasteiger partial charge in [-0.25, -0.2) is 4.79 Å². The lowest BCUT2D eigenvalue weighted by Crippen LogP contribution is -2.22. The largest absolute Gasteiger partial charge is 0.505 e. The van der Waals surface area contributed by atoms with Crippen molar-refractivity contribution in [1.82, 2.24) is 0 Å². The first-order valence-electron chi connectivity index (χ1n) is 3.20. The van der Waals surface area contributed by atoms with Crippen molar-refractivity contribution in [3.05, 3.63) is 11.5 Å². The first-order chi connectivity index (χ1) is 4.99. The monoisotopic (exact) mass is 158 g/mol. The molecular weight excluding hydrogens is 148 g/mol. The van der Waals surface area contributed by atoms with E-state index in [1.165, 1.54) is 7.11 Å². The molecule has 0 aromatic carbocycles. The lowest BCUT2D eigenvalue weighted by molar-refractivity contribution is -0.147. The fourth-order valence-electron chi connectivity index (χ4n) is 0.877. The zero-order valence-corrected chi connectivity index (χ0v) is 6.67. The van der Waals surface area contributed by atoms with Crippen LogP contribution in [0.1, 0.15) is 13.8 Å². The van der Waals surface area contributed by atoms with Crippen LogP contribution in [0.5, 0.6) is 0 Å². The second kappa shape index (κ2) is 2.15. The standard InChI is InChI=1S/C7H10O4/c1-7(2)5(8)4(10-3)6(9)11-7/h8H,1-3H3. The van der Waals surface area contributed by atoms with E-state index in [4.69, 9.17) is 4.74 Å². The van der Waals surface area contributed by atoms with E-state index in [9.17, 15) is 9.90 Å². The summed E-state index contributed by atoms with van der Waals surface area (Å²) in [6.07, 6.45) is 0. The number of aliphatic hydroxyl groups excluding tert-OH is 1. The van der Waals surface area contributed by atoms with Crippen LogP contribution in [0.25, 0.3) is 0 Å². The zero-order valence-electron chi connectivity index (χ0n) is 6.67. The maximum Gasteiger partial charge on any atom is 0.378 e. The van der Waals surface area contributed by atoms with Gasteiger partial charge in [0.2, 0.25) is 5.76 Å². The third-order valence-electron chi connectivity index (χ3n) is 1.52. The summed E-state index contributed by atoms with van der Waals surface area (Å²) in [5, 5.41) is 9.30. The summed E-state index contributed by atoms with van der Waals surface area (Å²) in [6, 6.07) is 0.